The first-order valence-electron chi connectivity index (χ1n) is 10.9. The Morgan fingerprint density at radius 3 is 2.61 bits per heavy atom. The summed E-state index contributed by atoms with van der Waals surface area (Å²) in [5.41, 5.74) is 0.876. The predicted octanol–water partition coefficient (Wildman–Crippen LogP) is 2.80. The normalized spacial score (nSPS) is 21.5. The van der Waals surface area contributed by atoms with Crippen LogP contribution in [0.2, 0.25) is 5.02 Å². The SMILES string of the molecule is CN(C)S(=O)(=O)c1cc(NC(=O)COC(=O)[C@@H]2CS[C@]3(c4ccc(F)cc4)CCC(=O)N23)ccc1Cl. The molecule has 2 atom stereocenters. The third-order valence-electron chi connectivity index (χ3n) is 6.01. The van der Waals surface area contributed by atoms with Gasteiger partial charge in [0.2, 0.25) is 15.9 Å². The van der Waals surface area contributed by atoms with Crippen LogP contribution in [0.15, 0.2) is 47.4 Å². The molecule has 0 unspecified atom stereocenters. The van der Waals surface area contributed by atoms with Crippen LogP contribution < -0.4 is 5.32 Å². The van der Waals surface area contributed by atoms with Gasteiger partial charge in [0, 0.05) is 32.0 Å². The molecule has 2 aliphatic heterocycles. The maximum Gasteiger partial charge on any atom is 0.330 e. The first kappa shape index (κ1) is 26.4. The second kappa shape index (κ2) is 10.0. The molecule has 2 amide bonds. The Hall–Kier alpha value is -2.67. The Morgan fingerprint density at radius 2 is 1.94 bits per heavy atom. The van der Waals surface area contributed by atoms with Crippen molar-refractivity contribution in [1.82, 2.24) is 9.21 Å². The lowest BCUT2D eigenvalue weighted by molar-refractivity contribution is -0.155. The molecule has 2 heterocycles. The van der Waals surface area contributed by atoms with Gasteiger partial charge < -0.3 is 15.0 Å². The summed E-state index contributed by atoms with van der Waals surface area (Å²) < 4.78 is 44.5. The van der Waals surface area contributed by atoms with Crippen molar-refractivity contribution in [2.24, 2.45) is 0 Å². The van der Waals surface area contributed by atoms with Gasteiger partial charge in [-0.25, -0.2) is 21.9 Å². The molecule has 2 fully saturated rings. The lowest BCUT2D eigenvalue weighted by Crippen LogP contribution is -2.47. The van der Waals surface area contributed by atoms with Crippen molar-refractivity contribution in [3.05, 3.63) is 58.9 Å². The van der Waals surface area contributed by atoms with E-state index in [0.29, 0.717) is 6.42 Å². The second-order valence-corrected chi connectivity index (χ2v) is 12.3. The number of halogens is 2. The van der Waals surface area contributed by atoms with Gasteiger partial charge in [0.05, 0.1) is 5.02 Å². The summed E-state index contributed by atoms with van der Waals surface area (Å²) in [4.78, 5) is 38.4. The van der Waals surface area contributed by atoms with Crippen LogP contribution in [-0.2, 0) is 34.0 Å². The van der Waals surface area contributed by atoms with E-state index in [1.54, 1.807) is 12.1 Å². The van der Waals surface area contributed by atoms with E-state index in [9.17, 15) is 27.2 Å². The van der Waals surface area contributed by atoms with Crippen LogP contribution >= 0.6 is 23.4 Å². The van der Waals surface area contributed by atoms with Gasteiger partial charge in [0.1, 0.15) is 21.6 Å². The zero-order valence-corrected chi connectivity index (χ0v) is 21.8. The van der Waals surface area contributed by atoms with Crippen LogP contribution in [0.5, 0.6) is 0 Å². The van der Waals surface area contributed by atoms with E-state index in [1.165, 1.54) is 61.1 Å². The number of rotatable bonds is 7. The van der Waals surface area contributed by atoms with Gasteiger partial charge in [0.25, 0.3) is 5.91 Å². The average Bonchev–Trinajstić information content (AvgIpc) is 3.38. The van der Waals surface area contributed by atoms with Gasteiger partial charge in [-0.05, 0) is 42.3 Å². The number of amides is 2. The van der Waals surface area contributed by atoms with Crippen LogP contribution in [0.3, 0.4) is 0 Å². The molecule has 36 heavy (non-hydrogen) atoms. The number of esters is 1. The number of nitrogens with one attached hydrogen (secondary N) is 1. The minimum Gasteiger partial charge on any atom is -0.454 e. The van der Waals surface area contributed by atoms with Crippen molar-refractivity contribution in [2.75, 3.05) is 31.8 Å². The van der Waals surface area contributed by atoms with Gasteiger partial charge in [-0.15, -0.1) is 11.8 Å². The number of sulfonamides is 1. The lowest BCUT2D eigenvalue weighted by Gasteiger charge is -2.33. The number of fused-ring (bicyclic) bond motifs is 1. The molecule has 1 N–H and O–H groups in total. The zero-order valence-electron chi connectivity index (χ0n) is 19.4. The van der Waals surface area contributed by atoms with Gasteiger partial charge in [-0.2, -0.15) is 0 Å². The van der Waals surface area contributed by atoms with Gasteiger partial charge >= 0.3 is 5.97 Å². The lowest BCUT2D eigenvalue weighted by atomic mass is 10.0. The molecule has 192 valence electrons. The maximum absolute atomic E-state index is 13.4. The van der Waals surface area contributed by atoms with E-state index in [4.69, 9.17) is 16.3 Å². The van der Waals surface area contributed by atoms with Crippen molar-refractivity contribution >= 4 is 56.9 Å². The number of ether oxygens (including phenoxy) is 1. The average molecular weight is 556 g/mol. The molecule has 2 aliphatic rings. The Morgan fingerprint density at radius 1 is 1.25 bits per heavy atom. The highest BCUT2D eigenvalue weighted by Crippen LogP contribution is 2.54. The Balaban J connectivity index is 1.42. The molecule has 4 rings (SSSR count). The first-order valence-corrected chi connectivity index (χ1v) is 13.7. The number of carbonyl (C=O) groups is 3. The number of hydrogen-bond acceptors (Lipinski definition) is 7. The molecule has 2 aromatic carbocycles. The largest absolute Gasteiger partial charge is 0.454 e. The number of nitrogens with zero attached hydrogens (tertiary/aromatic N) is 2. The highest BCUT2D eigenvalue weighted by Gasteiger charge is 2.57. The molecule has 9 nitrogen and oxygen atoms in total. The molecule has 0 radical (unpaired) electrons. The van der Waals surface area contributed by atoms with Gasteiger partial charge in [-0.1, -0.05) is 23.7 Å². The summed E-state index contributed by atoms with van der Waals surface area (Å²) in [5, 5.41) is 2.47. The first-order chi connectivity index (χ1) is 17.0. The summed E-state index contributed by atoms with van der Waals surface area (Å²) in [5.74, 6) is -1.77. The van der Waals surface area contributed by atoms with Crippen LogP contribution in [0.4, 0.5) is 10.1 Å². The van der Waals surface area contributed by atoms with Crippen LogP contribution in [0, 0.1) is 5.82 Å². The number of carbonyl (C=O) groups excluding carboxylic acids is 3. The third kappa shape index (κ3) is 4.82. The quantitative estimate of drug-likeness (QED) is 0.523. The number of anilines is 1. The second-order valence-electron chi connectivity index (χ2n) is 8.47. The van der Waals surface area contributed by atoms with Crippen LogP contribution in [0.25, 0.3) is 0 Å². The van der Waals surface area contributed by atoms with Crippen molar-refractivity contribution < 1.29 is 31.9 Å². The molecule has 0 aliphatic carbocycles. The predicted molar refractivity (Wildman–Crippen MR) is 132 cm³/mol. The topological polar surface area (TPSA) is 113 Å². The molecular weight excluding hydrogens is 533 g/mol. The fourth-order valence-corrected chi connectivity index (χ4v) is 7.26. The van der Waals surface area contributed by atoms with E-state index < -0.39 is 45.2 Å². The van der Waals surface area contributed by atoms with Crippen molar-refractivity contribution in [3.8, 4) is 0 Å². The van der Waals surface area contributed by atoms with E-state index in [0.717, 1.165) is 9.87 Å². The smallest absolute Gasteiger partial charge is 0.330 e. The van der Waals surface area contributed by atoms with Crippen LogP contribution in [0.1, 0.15) is 18.4 Å². The Kier molecular flexibility index (Phi) is 7.33. The van der Waals surface area contributed by atoms with Gasteiger partial charge in [0.15, 0.2) is 6.61 Å². The standard InChI is InChI=1S/C23H23ClFN3O6S2/c1-27(2)36(32,33)19-11-16(7-8-17(19)24)26-20(29)12-34-22(31)18-13-35-23(10-9-21(30)28(18)23)14-3-5-15(25)6-4-14/h3-8,11,18H,9-10,12-13H2,1-2H3,(H,26,29)/t18-,23-/m0/s1. The van der Waals surface area contributed by atoms with E-state index in [-0.39, 0.29) is 33.7 Å². The van der Waals surface area contributed by atoms with Crippen molar-refractivity contribution in [3.63, 3.8) is 0 Å². The molecule has 0 bridgehead atoms. The summed E-state index contributed by atoms with van der Waals surface area (Å²) in [6.45, 7) is -0.635. The van der Waals surface area contributed by atoms with Crippen LogP contribution in [-0.4, -0.2) is 67.9 Å². The molecule has 0 spiro atoms. The highest BCUT2D eigenvalue weighted by molar-refractivity contribution is 8.00. The van der Waals surface area contributed by atoms with Crippen molar-refractivity contribution in [2.45, 2.75) is 28.6 Å². The molecule has 13 heteroatoms. The molecule has 2 aromatic rings. The summed E-state index contributed by atoms with van der Waals surface area (Å²) in [6, 6.07) is 8.91. The third-order valence-corrected chi connectivity index (χ3v) is 9.91. The minimum absolute atomic E-state index is 0.00761. The molecular formula is C23H23ClFN3O6S2. The number of thioether (sulfide) groups is 1. The highest BCUT2D eigenvalue weighted by atomic mass is 35.5. The number of benzene rings is 2. The fourth-order valence-electron chi connectivity index (χ4n) is 4.23. The molecule has 0 saturated carbocycles. The summed E-state index contributed by atoms with van der Waals surface area (Å²) in [7, 11) is -1.13. The minimum atomic E-state index is -3.84. The van der Waals surface area contributed by atoms with E-state index in [2.05, 4.69) is 5.32 Å². The summed E-state index contributed by atoms with van der Waals surface area (Å²) in [6.07, 6.45) is 0.713. The molecule has 2 saturated heterocycles. The molecule has 0 aromatic heterocycles. The van der Waals surface area contributed by atoms with Crippen molar-refractivity contribution in [1.29, 1.82) is 0 Å². The zero-order chi connectivity index (χ0) is 26.3. The monoisotopic (exact) mass is 555 g/mol. The van der Waals surface area contributed by atoms with E-state index >= 15 is 0 Å². The number of hydrogen-bond donors (Lipinski definition) is 1. The Labute approximate surface area is 217 Å². The Bertz CT molecular complexity index is 1320. The van der Waals surface area contributed by atoms with Gasteiger partial charge in [-0.3, -0.25) is 9.59 Å². The van der Waals surface area contributed by atoms with E-state index in [1.807, 2.05) is 0 Å². The maximum atomic E-state index is 13.4. The fraction of sp³-hybridized carbons (Fsp3) is 0.348. The summed E-state index contributed by atoms with van der Waals surface area (Å²) >= 11 is 7.43.